The maximum atomic E-state index is 13.6. The summed E-state index contributed by atoms with van der Waals surface area (Å²) < 4.78 is 41.0. The number of esters is 2. The summed E-state index contributed by atoms with van der Waals surface area (Å²) >= 11 is 6.05. The van der Waals surface area contributed by atoms with Crippen molar-refractivity contribution in [2.45, 2.75) is 148 Å². The van der Waals surface area contributed by atoms with Crippen LogP contribution in [0.5, 0.6) is 5.75 Å². The Morgan fingerprint density at radius 3 is 1.94 bits per heavy atom. The van der Waals surface area contributed by atoms with Gasteiger partial charge < -0.3 is 38.0 Å². The first kappa shape index (κ1) is 56.5. The third kappa shape index (κ3) is 22.3. The summed E-state index contributed by atoms with van der Waals surface area (Å²) in [5.41, 5.74) is 2.38. The molecule has 3 rings (SSSR count). The molecule has 3 aromatic rings. The predicted molar refractivity (Wildman–Crippen MR) is 258 cm³/mol. The lowest BCUT2D eigenvalue weighted by atomic mass is 10.0. The smallest absolute Gasteiger partial charge is 0.306 e. The highest BCUT2D eigenvalue weighted by Crippen LogP contribution is 2.38. The molecule has 66 heavy (non-hydrogen) atoms. The minimum atomic E-state index is -4.74. The highest BCUT2D eigenvalue weighted by molar-refractivity contribution is 7.45. The number of ether oxygens (including phenoxy) is 3. The van der Waals surface area contributed by atoms with Gasteiger partial charge in [-0.3, -0.25) is 28.3 Å². The molecular weight excluding hydrogens is 885 g/mol. The molecule has 1 aromatic heterocycles. The normalized spacial score (nSPS) is 13.0. The van der Waals surface area contributed by atoms with Gasteiger partial charge in [0, 0.05) is 41.1 Å². The fourth-order valence-corrected chi connectivity index (χ4v) is 8.39. The van der Waals surface area contributed by atoms with Crippen LogP contribution in [0.15, 0.2) is 42.5 Å². The van der Waals surface area contributed by atoms with Crippen LogP contribution in [0, 0.1) is 6.92 Å². The van der Waals surface area contributed by atoms with Gasteiger partial charge in [-0.15, -0.1) is 0 Å². The van der Waals surface area contributed by atoms with Crippen LogP contribution in [0.4, 0.5) is 0 Å². The van der Waals surface area contributed by atoms with E-state index in [1.165, 1.54) is 70.6 Å². The van der Waals surface area contributed by atoms with E-state index in [2.05, 4.69) is 12.2 Å². The van der Waals surface area contributed by atoms with E-state index in [-0.39, 0.29) is 50.8 Å². The first-order chi connectivity index (χ1) is 31.5. The largest absolute Gasteiger partial charge is 0.756 e. The number of amides is 1. The molecule has 14 nitrogen and oxygen atoms in total. The van der Waals surface area contributed by atoms with Crippen LogP contribution in [0.3, 0.4) is 0 Å². The lowest BCUT2D eigenvalue weighted by Crippen LogP contribution is -2.37. The average Bonchev–Trinajstić information content (AvgIpc) is 3.54. The third-order valence-corrected chi connectivity index (χ3v) is 12.7. The number of rotatable bonds is 35. The fourth-order valence-electron chi connectivity index (χ4n) is 7.54. The maximum absolute atomic E-state index is 13.6. The van der Waals surface area contributed by atoms with Gasteiger partial charge in [-0.05, 0) is 74.2 Å². The number of fused-ring (bicyclic) bond motifs is 1. The molecule has 0 saturated carbocycles. The third-order valence-electron chi connectivity index (χ3n) is 11.4. The van der Waals surface area contributed by atoms with Gasteiger partial charge in [0.05, 0.1) is 46.8 Å². The van der Waals surface area contributed by atoms with Crippen LogP contribution in [-0.4, -0.2) is 100 Å². The van der Waals surface area contributed by atoms with Crippen LogP contribution in [0.2, 0.25) is 5.02 Å². The topological polar surface area (TPSA) is 172 Å². The van der Waals surface area contributed by atoms with Crippen molar-refractivity contribution in [3.8, 4) is 5.75 Å². The van der Waals surface area contributed by atoms with Crippen LogP contribution in [0.1, 0.15) is 151 Å². The average molecular weight is 963 g/mol. The fraction of sp³-hybridized carbons (Fsp3) is 0.640. The van der Waals surface area contributed by atoms with E-state index >= 15 is 0 Å². The predicted octanol–water partition coefficient (Wildman–Crippen LogP) is 10.1. The van der Waals surface area contributed by atoms with Gasteiger partial charge in [0.15, 0.2) is 6.10 Å². The Balaban J connectivity index is 1.44. The van der Waals surface area contributed by atoms with Crippen molar-refractivity contribution < 1.29 is 56.4 Å². The Morgan fingerprint density at radius 1 is 0.773 bits per heavy atom. The monoisotopic (exact) mass is 961 g/mol. The Labute approximate surface area is 398 Å². The molecular formula is C50H77ClN3O11P. The Bertz CT molecular complexity index is 1980. The van der Waals surface area contributed by atoms with Crippen molar-refractivity contribution in [3.05, 3.63) is 64.3 Å². The summed E-state index contributed by atoms with van der Waals surface area (Å²) in [5, 5.41) is 4.12. The van der Waals surface area contributed by atoms with Gasteiger partial charge in [0.1, 0.15) is 25.5 Å². The number of methoxy groups -OCH3 is 1. The van der Waals surface area contributed by atoms with Gasteiger partial charge in [-0.25, -0.2) is 0 Å². The van der Waals surface area contributed by atoms with E-state index in [0.717, 1.165) is 19.3 Å². The van der Waals surface area contributed by atoms with Gasteiger partial charge >= 0.3 is 11.9 Å². The summed E-state index contributed by atoms with van der Waals surface area (Å²) in [6.07, 6.45) is 18.0. The SMILES string of the molecule is CCCCCCCCCCCCCCCCCC(=O)OC[C@H](COP(=O)([O-])OCC[N+](C)(C)C)OC(=O)CCCCNC(=O)Cc1c(C)n(C(=O)c2ccc(Cl)cc2)c2ccc(OC)cc12. The van der Waals surface area contributed by atoms with E-state index in [4.69, 9.17) is 34.9 Å². The molecule has 0 aliphatic heterocycles. The van der Waals surface area contributed by atoms with Crippen molar-refractivity contribution >= 4 is 54.1 Å². The zero-order valence-electron chi connectivity index (χ0n) is 40.5. The molecule has 370 valence electrons. The summed E-state index contributed by atoms with van der Waals surface area (Å²) in [4.78, 5) is 64.9. The number of nitrogens with one attached hydrogen (secondary N) is 1. The number of carbonyl (C=O) groups excluding carboxylic acids is 4. The van der Waals surface area contributed by atoms with E-state index in [0.29, 0.717) is 68.8 Å². The van der Waals surface area contributed by atoms with E-state index < -0.39 is 32.5 Å². The molecule has 1 amide bonds. The van der Waals surface area contributed by atoms with Crippen molar-refractivity contribution in [1.29, 1.82) is 0 Å². The van der Waals surface area contributed by atoms with Crippen molar-refractivity contribution in [2.75, 3.05) is 61.2 Å². The molecule has 0 saturated heterocycles. The summed E-state index contributed by atoms with van der Waals surface area (Å²) in [6.45, 7) is 3.68. The molecule has 0 fully saturated rings. The Kier molecular flexibility index (Phi) is 26.2. The number of unbranched alkanes of at least 4 members (excludes halogenated alkanes) is 15. The minimum Gasteiger partial charge on any atom is -0.756 e. The second kappa shape index (κ2) is 30.6. The molecule has 1 unspecified atom stereocenters. The number of likely N-dealkylation sites (N-methyl/N-ethyl adjacent to an activating group) is 1. The number of aromatic nitrogens is 1. The Morgan fingerprint density at radius 2 is 1.35 bits per heavy atom. The minimum absolute atomic E-state index is 0.000892. The molecule has 0 aliphatic carbocycles. The van der Waals surface area contributed by atoms with Crippen LogP contribution in [-0.2, 0) is 43.9 Å². The molecule has 16 heteroatoms. The maximum Gasteiger partial charge on any atom is 0.306 e. The summed E-state index contributed by atoms with van der Waals surface area (Å²) in [6, 6.07) is 12.0. The molecule has 0 aliphatic rings. The van der Waals surface area contributed by atoms with Gasteiger partial charge in [0.2, 0.25) is 5.91 Å². The van der Waals surface area contributed by atoms with Crippen molar-refractivity contribution in [2.24, 2.45) is 0 Å². The van der Waals surface area contributed by atoms with Gasteiger partial charge in [0.25, 0.3) is 13.7 Å². The second-order valence-electron chi connectivity index (χ2n) is 18.2. The number of nitrogens with zero attached hydrogens (tertiary/aromatic N) is 2. The lowest BCUT2D eigenvalue weighted by molar-refractivity contribution is -0.870. The molecule has 0 bridgehead atoms. The van der Waals surface area contributed by atoms with Crippen molar-refractivity contribution in [1.82, 2.24) is 9.88 Å². The second-order valence-corrected chi connectivity index (χ2v) is 20.0. The number of benzene rings is 2. The molecule has 0 spiro atoms. The molecule has 1 N–H and O–H groups in total. The first-order valence-electron chi connectivity index (χ1n) is 24.0. The molecule has 2 atom stereocenters. The molecule has 0 radical (unpaired) electrons. The van der Waals surface area contributed by atoms with Crippen molar-refractivity contribution in [3.63, 3.8) is 0 Å². The lowest BCUT2D eigenvalue weighted by Gasteiger charge is -2.28. The van der Waals surface area contributed by atoms with E-state index in [1.54, 1.807) is 61.1 Å². The van der Waals surface area contributed by atoms with Gasteiger partial charge in [-0.2, -0.15) is 0 Å². The number of phosphoric ester groups is 1. The van der Waals surface area contributed by atoms with E-state index in [9.17, 15) is 28.6 Å². The summed E-state index contributed by atoms with van der Waals surface area (Å²) in [7, 11) is 2.50. The number of quaternary nitrogens is 1. The van der Waals surface area contributed by atoms with Gasteiger partial charge in [-0.1, -0.05) is 108 Å². The molecule has 2 aromatic carbocycles. The zero-order valence-corrected chi connectivity index (χ0v) is 42.2. The van der Waals surface area contributed by atoms with Crippen LogP contribution < -0.4 is 14.9 Å². The first-order valence-corrected chi connectivity index (χ1v) is 25.9. The van der Waals surface area contributed by atoms with E-state index in [1.807, 2.05) is 21.1 Å². The standard InChI is InChI=1S/C50H77ClN3O11P/c1-7-8-9-10-11-12-13-14-15-16-17-18-19-20-21-24-48(56)62-37-43(38-64-66(59,60)63-34-33-54(3,4)5)65-49(57)25-22-23-32-52-47(55)36-44-39(2)53(46-31-30-42(61-6)35-45(44)46)50(58)40-26-28-41(51)29-27-40/h26-31,35,43H,7-25,32-34,36-38H2,1-6H3,(H-,52,55,59,60)/t43-/m1/s1. The quantitative estimate of drug-likeness (QED) is 0.0257. The van der Waals surface area contributed by atoms with Crippen LogP contribution >= 0.6 is 19.4 Å². The van der Waals surface area contributed by atoms with Crippen LogP contribution in [0.25, 0.3) is 10.9 Å². The number of hydrogen-bond donors (Lipinski definition) is 1. The highest BCUT2D eigenvalue weighted by atomic mass is 35.5. The molecule has 1 heterocycles. The number of carbonyl (C=O) groups is 4. The number of halogens is 1. The number of phosphoric acid groups is 1. The highest BCUT2D eigenvalue weighted by Gasteiger charge is 2.24. The zero-order chi connectivity index (χ0) is 48.4. The number of hydrogen-bond acceptors (Lipinski definition) is 11. The Hall–Kier alpha value is -3.78. The summed E-state index contributed by atoms with van der Waals surface area (Å²) in [5.74, 6) is -1.04.